The zero-order valence-electron chi connectivity index (χ0n) is 13.2. The second-order valence-electron chi connectivity index (χ2n) is 6.34. The molecular formula is C17H23FN2O2S. The summed E-state index contributed by atoms with van der Waals surface area (Å²) < 4.78 is 13.8. The third-order valence-electron chi connectivity index (χ3n) is 4.61. The smallest absolute Gasteiger partial charge is 0.256 e. The van der Waals surface area contributed by atoms with Gasteiger partial charge in [-0.2, -0.15) is 11.8 Å². The highest BCUT2D eigenvalue weighted by Gasteiger charge is 2.43. The summed E-state index contributed by atoms with van der Waals surface area (Å²) in [4.78, 5) is 16.5. The maximum Gasteiger partial charge on any atom is 0.256 e. The molecule has 0 aromatic heterocycles. The van der Waals surface area contributed by atoms with Crippen LogP contribution < -0.4 is 0 Å². The molecule has 2 fully saturated rings. The second-order valence-corrected chi connectivity index (χ2v) is 7.57. The topological polar surface area (TPSA) is 43.8 Å². The average Bonchev–Trinajstić information content (AvgIpc) is 2.55. The SMILES string of the molecule is O=C1N(Cc2ccccc2F)CCC[C@]1(O)CN1CCSCC1. The Kier molecular flexibility index (Phi) is 5.24. The van der Waals surface area contributed by atoms with Crippen LogP contribution >= 0.6 is 11.8 Å². The first kappa shape index (κ1) is 16.7. The van der Waals surface area contributed by atoms with Crippen LogP contribution in [0.1, 0.15) is 18.4 Å². The van der Waals surface area contributed by atoms with Gasteiger partial charge in [0.05, 0.1) is 0 Å². The van der Waals surface area contributed by atoms with Crippen LogP contribution in [-0.2, 0) is 11.3 Å². The van der Waals surface area contributed by atoms with Gasteiger partial charge in [-0.1, -0.05) is 18.2 Å². The lowest BCUT2D eigenvalue weighted by atomic mass is 9.90. The normalized spacial score (nSPS) is 26.5. The predicted molar refractivity (Wildman–Crippen MR) is 89.8 cm³/mol. The van der Waals surface area contributed by atoms with E-state index in [-0.39, 0.29) is 18.3 Å². The number of likely N-dealkylation sites (tertiary alicyclic amines) is 1. The highest BCUT2D eigenvalue weighted by atomic mass is 32.2. The number of rotatable bonds is 4. The van der Waals surface area contributed by atoms with Crippen molar-refractivity contribution in [1.29, 1.82) is 0 Å². The van der Waals surface area contributed by atoms with Gasteiger partial charge >= 0.3 is 0 Å². The van der Waals surface area contributed by atoms with Crippen LogP contribution in [0.5, 0.6) is 0 Å². The Hall–Kier alpha value is -1.11. The van der Waals surface area contributed by atoms with Gasteiger partial charge in [0.15, 0.2) is 5.60 Å². The van der Waals surface area contributed by atoms with Crippen molar-refractivity contribution < 1.29 is 14.3 Å². The van der Waals surface area contributed by atoms with Crippen LogP contribution in [0.15, 0.2) is 24.3 Å². The molecule has 0 saturated carbocycles. The third-order valence-corrected chi connectivity index (χ3v) is 5.55. The van der Waals surface area contributed by atoms with Gasteiger partial charge in [0, 0.05) is 49.8 Å². The summed E-state index contributed by atoms with van der Waals surface area (Å²) in [6.07, 6.45) is 1.24. The van der Waals surface area contributed by atoms with Gasteiger partial charge in [0.2, 0.25) is 0 Å². The zero-order chi connectivity index (χ0) is 16.3. The molecule has 126 valence electrons. The molecule has 1 amide bonds. The minimum absolute atomic E-state index is 0.226. The fourth-order valence-corrected chi connectivity index (χ4v) is 4.30. The number of piperidine rings is 1. The van der Waals surface area contributed by atoms with Crippen molar-refractivity contribution in [2.45, 2.75) is 25.0 Å². The van der Waals surface area contributed by atoms with E-state index in [1.807, 2.05) is 11.8 Å². The number of nitrogens with zero attached hydrogens (tertiary/aromatic N) is 2. The van der Waals surface area contributed by atoms with Crippen LogP contribution in [0, 0.1) is 5.82 Å². The van der Waals surface area contributed by atoms with E-state index in [1.54, 1.807) is 23.1 Å². The summed E-state index contributed by atoms with van der Waals surface area (Å²) in [5, 5.41) is 10.9. The van der Waals surface area contributed by atoms with E-state index in [0.29, 0.717) is 25.1 Å². The minimum Gasteiger partial charge on any atom is -0.379 e. The lowest BCUT2D eigenvalue weighted by Crippen LogP contribution is -2.59. The molecule has 0 unspecified atom stereocenters. The van der Waals surface area contributed by atoms with Crippen molar-refractivity contribution in [2.24, 2.45) is 0 Å². The predicted octanol–water partition coefficient (Wildman–Crippen LogP) is 1.73. The van der Waals surface area contributed by atoms with Crippen LogP contribution in [0.2, 0.25) is 0 Å². The van der Waals surface area contributed by atoms with Gasteiger partial charge in [-0.05, 0) is 18.9 Å². The molecule has 6 heteroatoms. The molecular weight excluding hydrogens is 315 g/mol. The fourth-order valence-electron chi connectivity index (χ4n) is 3.32. The maximum absolute atomic E-state index is 13.8. The number of amides is 1. The Balaban J connectivity index is 1.68. The molecule has 2 saturated heterocycles. The van der Waals surface area contributed by atoms with Gasteiger partial charge in [0.25, 0.3) is 5.91 Å². The fraction of sp³-hybridized carbons (Fsp3) is 0.588. The zero-order valence-corrected chi connectivity index (χ0v) is 14.0. The molecule has 0 radical (unpaired) electrons. The molecule has 1 aromatic carbocycles. The highest BCUT2D eigenvalue weighted by Crippen LogP contribution is 2.26. The lowest BCUT2D eigenvalue weighted by molar-refractivity contribution is -0.160. The summed E-state index contributed by atoms with van der Waals surface area (Å²) in [6, 6.07) is 6.51. The molecule has 23 heavy (non-hydrogen) atoms. The molecule has 2 heterocycles. The van der Waals surface area contributed by atoms with E-state index in [4.69, 9.17) is 0 Å². The van der Waals surface area contributed by atoms with Crippen molar-refractivity contribution in [1.82, 2.24) is 9.80 Å². The Morgan fingerprint density at radius 1 is 1.22 bits per heavy atom. The summed E-state index contributed by atoms with van der Waals surface area (Å²) in [5.41, 5.74) is -0.828. The van der Waals surface area contributed by atoms with Gasteiger partial charge in [-0.25, -0.2) is 4.39 Å². The average molecular weight is 338 g/mol. The van der Waals surface area contributed by atoms with E-state index in [2.05, 4.69) is 4.90 Å². The summed E-state index contributed by atoms with van der Waals surface area (Å²) in [7, 11) is 0. The van der Waals surface area contributed by atoms with Crippen molar-refractivity contribution in [3.05, 3.63) is 35.6 Å². The Morgan fingerprint density at radius 3 is 2.70 bits per heavy atom. The van der Waals surface area contributed by atoms with E-state index in [1.165, 1.54) is 6.07 Å². The van der Waals surface area contributed by atoms with Crippen molar-refractivity contribution in [2.75, 3.05) is 37.7 Å². The molecule has 3 rings (SSSR count). The van der Waals surface area contributed by atoms with Gasteiger partial charge < -0.3 is 10.0 Å². The van der Waals surface area contributed by atoms with Gasteiger partial charge in [-0.3, -0.25) is 9.69 Å². The Morgan fingerprint density at radius 2 is 1.96 bits per heavy atom. The monoisotopic (exact) mass is 338 g/mol. The van der Waals surface area contributed by atoms with E-state index >= 15 is 0 Å². The quantitative estimate of drug-likeness (QED) is 0.908. The van der Waals surface area contributed by atoms with Crippen molar-refractivity contribution in [3.8, 4) is 0 Å². The molecule has 2 aliphatic heterocycles. The summed E-state index contributed by atoms with van der Waals surface area (Å²) in [6.45, 7) is 3.01. The molecule has 1 aromatic rings. The van der Waals surface area contributed by atoms with Crippen molar-refractivity contribution in [3.63, 3.8) is 0 Å². The lowest BCUT2D eigenvalue weighted by Gasteiger charge is -2.41. The van der Waals surface area contributed by atoms with E-state index in [0.717, 1.165) is 31.0 Å². The number of thioether (sulfide) groups is 1. The number of β-amino-alcohol motifs (C(OH)–C–C–N with tert-alkyl or cyclic N) is 1. The maximum atomic E-state index is 13.8. The first-order valence-electron chi connectivity index (χ1n) is 8.14. The highest BCUT2D eigenvalue weighted by molar-refractivity contribution is 7.99. The van der Waals surface area contributed by atoms with Gasteiger partial charge in [-0.15, -0.1) is 0 Å². The second kappa shape index (κ2) is 7.20. The van der Waals surface area contributed by atoms with Gasteiger partial charge in [0.1, 0.15) is 5.82 Å². The number of halogens is 1. The van der Waals surface area contributed by atoms with E-state index in [9.17, 15) is 14.3 Å². The number of carbonyl (C=O) groups is 1. The van der Waals surface area contributed by atoms with Crippen molar-refractivity contribution >= 4 is 17.7 Å². The molecule has 0 bridgehead atoms. The summed E-state index contributed by atoms with van der Waals surface area (Å²) in [5.74, 6) is 1.53. The number of aliphatic hydroxyl groups is 1. The van der Waals surface area contributed by atoms with Crippen LogP contribution in [0.3, 0.4) is 0 Å². The minimum atomic E-state index is -1.33. The Labute approximate surface area is 140 Å². The van der Waals surface area contributed by atoms with E-state index < -0.39 is 5.60 Å². The largest absolute Gasteiger partial charge is 0.379 e. The van der Waals surface area contributed by atoms with Crippen LogP contribution in [-0.4, -0.2) is 64.1 Å². The number of hydrogen-bond acceptors (Lipinski definition) is 4. The molecule has 0 spiro atoms. The molecule has 1 N–H and O–H groups in total. The molecule has 2 aliphatic rings. The number of hydrogen-bond donors (Lipinski definition) is 1. The third kappa shape index (κ3) is 3.87. The molecule has 0 aliphatic carbocycles. The molecule has 4 nitrogen and oxygen atoms in total. The van der Waals surface area contributed by atoms with Crippen LogP contribution in [0.4, 0.5) is 4.39 Å². The molecule has 1 atom stereocenters. The number of carbonyl (C=O) groups excluding carboxylic acids is 1. The number of benzene rings is 1. The summed E-state index contributed by atoms with van der Waals surface area (Å²) >= 11 is 1.90. The first-order chi connectivity index (χ1) is 11.1. The standard InChI is InChI=1S/C17H23FN2O2S/c18-15-5-2-1-4-14(15)12-20-7-3-6-17(22,16(20)21)13-19-8-10-23-11-9-19/h1-2,4-5,22H,3,6-13H2/t17-/m0/s1. The van der Waals surface area contributed by atoms with Crippen LogP contribution in [0.25, 0.3) is 0 Å². The first-order valence-corrected chi connectivity index (χ1v) is 9.29. The Bertz CT molecular complexity index is 565.